The molecule has 2 aromatic heterocycles. The number of aromatic nitrogens is 4. The van der Waals surface area contributed by atoms with Gasteiger partial charge in [0.25, 0.3) is 11.5 Å². The highest BCUT2D eigenvalue weighted by Crippen LogP contribution is 2.34. The summed E-state index contributed by atoms with van der Waals surface area (Å²) in [6.07, 6.45) is 0.310. The summed E-state index contributed by atoms with van der Waals surface area (Å²) < 4.78 is 6.86. The first-order valence-corrected chi connectivity index (χ1v) is 12.1. The SMILES string of the molecule is Cc1nc2c(NC(=O)c3ccc(Oc4cccc(Cl)c4Cl)nn3)cccc2c(=O)n1C1CCC(=O)NC1=O. The van der Waals surface area contributed by atoms with Crippen LogP contribution < -0.4 is 20.9 Å². The van der Waals surface area contributed by atoms with Gasteiger partial charge in [-0.15, -0.1) is 10.2 Å². The molecule has 1 fully saturated rings. The van der Waals surface area contributed by atoms with Crippen LogP contribution in [-0.2, 0) is 9.59 Å². The van der Waals surface area contributed by atoms with Crippen molar-refractivity contribution in [3.05, 3.63) is 80.4 Å². The van der Waals surface area contributed by atoms with Crippen molar-refractivity contribution < 1.29 is 19.1 Å². The van der Waals surface area contributed by atoms with E-state index in [0.29, 0.717) is 5.02 Å². The molecule has 2 aromatic carbocycles. The molecule has 4 aromatic rings. The van der Waals surface area contributed by atoms with Crippen LogP contribution in [-0.4, -0.2) is 37.5 Å². The lowest BCUT2D eigenvalue weighted by atomic mass is 10.1. The number of amides is 3. The fraction of sp³-hybridized carbons (Fsp3) is 0.160. The van der Waals surface area contributed by atoms with Crippen LogP contribution in [0.3, 0.4) is 0 Å². The van der Waals surface area contributed by atoms with Gasteiger partial charge in [0.1, 0.15) is 28.2 Å². The number of ether oxygens (including phenoxy) is 1. The number of aryl methyl sites for hydroxylation is 1. The zero-order valence-electron chi connectivity index (χ0n) is 19.7. The van der Waals surface area contributed by atoms with Gasteiger partial charge in [0.2, 0.25) is 17.7 Å². The van der Waals surface area contributed by atoms with E-state index in [4.69, 9.17) is 27.9 Å². The molecule has 5 rings (SSSR count). The molecule has 1 atom stereocenters. The van der Waals surface area contributed by atoms with Gasteiger partial charge < -0.3 is 10.1 Å². The highest BCUT2D eigenvalue weighted by molar-refractivity contribution is 6.42. The number of carbonyl (C=O) groups is 3. The summed E-state index contributed by atoms with van der Waals surface area (Å²) in [5, 5.41) is 13.5. The molecule has 1 saturated heterocycles. The van der Waals surface area contributed by atoms with Gasteiger partial charge in [0, 0.05) is 12.5 Å². The van der Waals surface area contributed by atoms with E-state index in [-0.39, 0.29) is 63.5 Å². The number of para-hydroxylation sites is 1. The first-order valence-electron chi connectivity index (χ1n) is 11.4. The van der Waals surface area contributed by atoms with Gasteiger partial charge in [0.05, 0.1) is 16.1 Å². The van der Waals surface area contributed by atoms with E-state index in [0.717, 1.165) is 0 Å². The Bertz CT molecular complexity index is 1670. The van der Waals surface area contributed by atoms with Crippen molar-refractivity contribution >= 4 is 57.5 Å². The number of anilines is 1. The molecule has 2 N–H and O–H groups in total. The largest absolute Gasteiger partial charge is 0.436 e. The Kier molecular flexibility index (Phi) is 6.79. The molecule has 0 aliphatic carbocycles. The van der Waals surface area contributed by atoms with Crippen molar-refractivity contribution in [2.75, 3.05) is 5.32 Å². The van der Waals surface area contributed by atoms with Crippen LogP contribution in [0.4, 0.5) is 5.69 Å². The van der Waals surface area contributed by atoms with Crippen molar-refractivity contribution in [3.63, 3.8) is 0 Å². The maximum atomic E-state index is 13.3. The highest BCUT2D eigenvalue weighted by atomic mass is 35.5. The molecular formula is C25H18Cl2N6O5. The zero-order valence-corrected chi connectivity index (χ0v) is 21.2. The molecule has 13 heteroatoms. The zero-order chi connectivity index (χ0) is 27.0. The summed E-state index contributed by atoms with van der Waals surface area (Å²) in [4.78, 5) is 54.6. The Balaban J connectivity index is 1.39. The number of halogens is 2. The van der Waals surface area contributed by atoms with E-state index >= 15 is 0 Å². The molecule has 0 saturated carbocycles. The Hall–Kier alpha value is -4.35. The maximum absolute atomic E-state index is 13.3. The van der Waals surface area contributed by atoms with Gasteiger partial charge in [-0.3, -0.25) is 29.1 Å². The molecular weight excluding hydrogens is 535 g/mol. The van der Waals surface area contributed by atoms with Crippen molar-refractivity contribution in [1.82, 2.24) is 25.1 Å². The quantitative estimate of drug-likeness (QED) is 0.355. The molecule has 1 aliphatic heterocycles. The van der Waals surface area contributed by atoms with Gasteiger partial charge in [-0.2, -0.15) is 0 Å². The normalized spacial score (nSPS) is 15.3. The summed E-state index contributed by atoms with van der Waals surface area (Å²) in [6.45, 7) is 1.58. The van der Waals surface area contributed by atoms with Gasteiger partial charge in [-0.05, 0) is 43.7 Å². The molecule has 0 bridgehead atoms. The lowest BCUT2D eigenvalue weighted by molar-refractivity contribution is -0.135. The molecule has 3 amide bonds. The van der Waals surface area contributed by atoms with Crippen LogP contribution in [0.15, 0.2) is 53.3 Å². The predicted octanol–water partition coefficient (Wildman–Crippen LogP) is 3.82. The summed E-state index contributed by atoms with van der Waals surface area (Å²) in [7, 11) is 0. The number of nitrogens with one attached hydrogen (secondary N) is 2. The number of benzene rings is 2. The maximum Gasteiger partial charge on any atom is 0.276 e. The third-order valence-corrected chi connectivity index (χ3v) is 6.68. The molecule has 1 unspecified atom stereocenters. The Morgan fingerprint density at radius 2 is 1.87 bits per heavy atom. The van der Waals surface area contributed by atoms with Crippen LogP contribution in [0.25, 0.3) is 10.9 Å². The Morgan fingerprint density at radius 1 is 1.08 bits per heavy atom. The Labute approximate surface area is 224 Å². The lowest BCUT2D eigenvalue weighted by Gasteiger charge is -2.24. The van der Waals surface area contributed by atoms with Gasteiger partial charge >= 0.3 is 0 Å². The minimum Gasteiger partial charge on any atom is -0.436 e. The number of nitrogens with zero attached hydrogens (tertiary/aromatic N) is 4. The molecule has 3 heterocycles. The molecule has 0 radical (unpaired) electrons. The van der Waals surface area contributed by atoms with Gasteiger partial charge in [0.15, 0.2) is 5.69 Å². The van der Waals surface area contributed by atoms with Crippen molar-refractivity contribution in [3.8, 4) is 11.6 Å². The van der Waals surface area contributed by atoms with Gasteiger partial charge in [-0.1, -0.05) is 35.3 Å². The summed E-state index contributed by atoms with van der Waals surface area (Å²) in [6, 6.07) is 11.6. The number of hydrogen-bond donors (Lipinski definition) is 2. The first kappa shape index (κ1) is 25.3. The number of imide groups is 1. The third kappa shape index (κ3) is 4.81. The second-order valence-corrected chi connectivity index (χ2v) is 9.15. The molecule has 11 nitrogen and oxygen atoms in total. The summed E-state index contributed by atoms with van der Waals surface area (Å²) >= 11 is 12.1. The topological polar surface area (TPSA) is 145 Å². The van der Waals surface area contributed by atoms with E-state index in [2.05, 4.69) is 25.8 Å². The van der Waals surface area contributed by atoms with E-state index in [1.807, 2.05) is 0 Å². The van der Waals surface area contributed by atoms with E-state index in [1.165, 1.54) is 16.7 Å². The van der Waals surface area contributed by atoms with Crippen LogP contribution in [0.1, 0.15) is 35.2 Å². The van der Waals surface area contributed by atoms with Crippen LogP contribution in [0.5, 0.6) is 11.6 Å². The smallest absolute Gasteiger partial charge is 0.276 e. The van der Waals surface area contributed by atoms with Gasteiger partial charge in [-0.25, -0.2) is 4.98 Å². The van der Waals surface area contributed by atoms with E-state index in [1.54, 1.807) is 43.3 Å². The summed E-state index contributed by atoms with van der Waals surface area (Å²) in [5.74, 6) is -0.883. The van der Waals surface area contributed by atoms with Crippen LogP contribution in [0.2, 0.25) is 10.0 Å². The second-order valence-electron chi connectivity index (χ2n) is 8.37. The number of piperidine rings is 1. The standard InChI is InChI=1S/C25H18Cl2N6O5/c1-12-28-22-13(25(37)33(12)17-9-10-19(34)30-24(17)36)4-2-6-15(22)29-23(35)16-8-11-20(32-31-16)38-18-7-3-5-14(26)21(18)27/h2-8,11,17H,9-10H2,1H3,(H,29,35)(H,30,34,36). The van der Waals surface area contributed by atoms with Crippen molar-refractivity contribution in [2.45, 2.75) is 25.8 Å². The van der Waals surface area contributed by atoms with E-state index in [9.17, 15) is 19.2 Å². The predicted molar refractivity (Wildman–Crippen MR) is 139 cm³/mol. The lowest BCUT2D eigenvalue weighted by Crippen LogP contribution is -2.45. The third-order valence-electron chi connectivity index (χ3n) is 5.88. The number of hydrogen-bond acceptors (Lipinski definition) is 8. The van der Waals surface area contributed by atoms with E-state index < -0.39 is 23.4 Å². The highest BCUT2D eigenvalue weighted by Gasteiger charge is 2.30. The van der Waals surface area contributed by atoms with Crippen molar-refractivity contribution in [1.29, 1.82) is 0 Å². The number of rotatable bonds is 5. The minimum absolute atomic E-state index is 0.0137. The minimum atomic E-state index is -0.854. The molecule has 38 heavy (non-hydrogen) atoms. The fourth-order valence-electron chi connectivity index (χ4n) is 4.08. The van der Waals surface area contributed by atoms with Crippen LogP contribution >= 0.6 is 23.2 Å². The Morgan fingerprint density at radius 3 is 2.61 bits per heavy atom. The number of fused-ring (bicyclic) bond motifs is 1. The molecule has 1 aliphatic rings. The second kappa shape index (κ2) is 10.2. The first-order chi connectivity index (χ1) is 18.2. The average molecular weight is 553 g/mol. The molecule has 192 valence electrons. The van der Waals surface area contributed by atoms with Crippen LogP contribution in [0, 0.1) is 6.92 Å². The van der Waals surface area contributed by atoms with Crippen molar-refractivity contribution in [2.24, 2.45) is 0 Å². The molecule has 0 spiro atoms. The average Bonchev–Trinajstić information content (AvgIpc) is 2.89. The summed E-state index contributed by atoms with van der Waals surface area (Å²) in [5.41, 5.74) is 0.0468. The number of carbonyl (C=O) groups excluding carboxylic acids is 3. The monoisotopic (exact) mass is 552 g/mol. The fourth-order valence-corrected chi connectivity index (χ4v) is 4.41.